The Morgan fingerprint density at radius 2 is 2.00 bits per heavy atom. The molecule has 0 amide bonds. The van der Waals surface area contributed by atoms with Crippen molar-refractivity contribution in [1.29, 1.82) is 0 Å². The van der Waals surface area contributed by atoms with E-state index in [1.54, 1.807) is 6.07 Å². The third kappa shape index (κ3) is 4.52. The van der Waals surface area contributed by atoms with Gasteiger partial charge in [0.1, 0.15) is 5.82 Å². The van der Waals surface area contributed by atoms with Crippen LogP contribution in [0.3, 0.4) is 0 Å². The van der Waals surface area contributed by atoms with E-state index in [-0.39, 0.29) is 11.9 Å². The highest BCUT2D eigenvalue weighted by atomic mass is 19.1. The van der Waals surface area contributed by atoms with Crippen molar-refractivity contribution in [2.45, 2.75) is 52.2 Å². The molecule has 0 heterocycles. The van der Waals surface area contributed by atoms with Gasteiger partial charge in [-0.15, -0.1) is 0 Å². The lowest BCUT2D eigenvalue weighted by atomic mass is 9.80. The van der Waals surface area contributed by atoms with E-state index in [4.69, 9.17) is 4.74 Å². The molecule has 0 aromatic heterocycles. The van der Waals surface area contributed by atoms with Crippen molar-refractivity contribution in [2.24, 2.45) is 11.8 Å². The lowest BCUT2D eigenvalue weighted by Gasteiger charge is -2.33. The van der Waals surface area contributed by atoms with Gasteiger partial charge < -0.3 is 10.1 Å². The Bertz CT molecular complexity index is 437. The largest absolute Gasteiger partial charge is 0.376 e. The molecule has 118 valence electrons. The van der Waals surface area contributed by atoms with Crippen LogP contribution in [0.5, 0.6) is 0 Å². The lowest BCUT2D eigenvalue weighted by Crippen LogP contribution is -2.32. The Morgan fingerprint density at radius 1 is 1.24 bits per heavy atom. The van der Waals surface area contributed by atoms with Crippen LogP contribution in [0.1, 0.15) is 51.6 Å². The number of likely N-dealkylation sites (N-methyl/N-ethyl adjacent to an activating group) is 1. The fraction of sp³-hybridized carbons (Fsp3) is 0.667. The smallest absolute Gasteiger partial charge is 0.128 e. The molecule has 1 aromatic rings. The van der Waals surface area contributed by atoms with Crippen molar-refractivity contribution in [2.75, 3.05) is 13.2 Å². The zero-order chi connectivity index (χ0) is 15.2. The molecule has 1 aliphatic carbocycles. The van der Waals surface area contributed by atoms with E-state index in [0.29, 0.717) is 18.3 Å². The summed E-state index contributed by atoms with van der Waals surface area (Å²) in [4.78, 5) is 0. The zero-order valence-corrected chi connectivity index (χ0v) is 13.4. The molecule has 1 fully saturated rings. The number of hydrogen-bond donors (Lipinski definition) is 1. The fourth-order valence-electron chi connectivity index (χ4n) is 3.14. The number of halogens is 1. The van der Waals surface area contributed by atoms with Crippen LogP contribution in [0.25, 0.3) is 0 Å². The van der Waals surface area contributed by atoms with E-state index in [1.165, 1.54) is 12.5 Å². The second kappa shape index (κ2) is 7.90. The Balaban J connectivity index is 1.93. The second-order valence-corrected chi connectivity index (χ2v) is 6.35. The number of hydrogen-bond acceptors (Lipinski definition) is 2. The summed E-state index contributed by atoms with van der Waals surface area (Å²) in [5.74, 6) is 1.36. The summed E-state index contributed by atoms with van der Waals surface area (Å²) in [6.07, 6.45) is 3.81. The van der Waals surface area contributed by atoms with Crippen molar-refractivity contribution in [3.63, 3.8) is 0 Å². The standard InChI is InChI=1S/C18H28FNO/c1-4-20-18(16-7-5-6-8-17(16)19)12-21-15-10-9-13(2)14(3)11-15/h5-8,13-15,18,20H,4,9-12H2,1-3H3. The minimum absolute atomic E-state index is 0.0640. The first-order valence-corrected chi connectivity index (χ1v) is 8.21. The van der Waals surface area contributed by atoms with E-state index in [0.717, 1.165) is 31.2 Å². The highest BCUT2D eigenvalue weighted by Crippen LogP contribution is 2.31. The molecule has 0 spiro atoms. The summed E-state index contributed by atoms with van der Waals surface area (Å²) < 4.78 is 20.0. The van der Waals surface area contributed by atoms with Crippen molar-refractivity contribution in [3.8, 4) is 0 Å². The predicted molar refractivity (Wildman–Crippen MR) is 84.7 cm³/mol. The minimum atomic E-state index is -0.155. The van der Waals surface area contributed by atoms with Gasteiger partial charge in [0.15, 0.2) is 0 Å². The third-order valence-corrected chi connectivity index (χ3v) is 4.78. The number of benzene rings is 1. The highest BCUT2D eigenvalue weighted by Gasteiger charge is 2.26. The molecule has 1 N–H and O–H groups in total. The summed E-state index contributed by atoms with van der Waals surface area (Å²) in [7, 11) is 0. The average molecular weight is 293 g/mol. The van der Waals surface area contributed by atoms with Crippen molar-refractivity contribution < 1.29 is 9.13 Å². The first kappa shape index (κ1) is 16.4. The van der Waals surface area contributed by atoms with Crippen molar-refractivity contribution in [1.82, 2.24) is 5.32 Å². The summed E-state index contributed by atoms with van der Waals surface area (Å²) in [6, 6.07) is 6.91. The van der Waals surface area contributed by atoms with Gasteiger partial charge in [0.25, 0.3) is 0 Å². The quantitative estimate of drug-likeness (QED) is 0.843. The molecule has 2 nitrogen and oxygen atoms in total. The van der Waals surface area contributed by atoms with E-state index in [1.807, 2.05) is 19.1 Å². The maximum Gasteiger partial charge on any atom is 0.128 e. The second-order valence-electron chi connectivity index (χ2n) is 6.35. The maximum atomic E-state index is 13.9. The van der Waals surface area contributed by atoms with Gasteiger partial charge in [-0.1, -0.05) is 39.0 Å². The van der Waals surface area contributed by atoms with Gasteiger partial charge >= 0.3 is 0 Å². The Kier molecular flexibility index (Phi) is 6.19. The molecule has 3 heteroatoms. The molecule has 0 aliphatic heterocycles. The van der Waals surface area contributed by atoms with Crippen molar-refractivity contribution >= 4 is 0 Å². The van der Waals surface area contributed by atoms with Gasteiger partial charge in [0.05, 0.1) is 18.8 Å². The summed E-state index contributed by atoms with van der Waals surface area (Å²) >= 11 is 0. The molecule has 0 saturated heterocycles. The third-order valence-electron chi connectivity index (χ3n) is 4.78. The fourth-order valence-corrected chi connectivity index (χ4v) is 3.14. The van der Waals surface area contributed by atoms with Gasteiger partial charge in [0, 0.05) is 5.56 Å². The minimum Gasteiger partial charge on any atom is -0.376 e. The normalized spacial score (nSPS) is 27.5. The molecule has 2 rings (SSSR count). The Morgan fingerprint density at radius 3 is 2.67 bits per heavy atom. The van der Waals surface area contributed by atoms with E-state index in [9.17, 15) is 4.39 Å². The van der Waals surface area contributed by atoms with Crippen LogP contribution in [0.15, 0.2) is 24.3 Å². The molecule has 21 heavy (non-hydrogen) atoms. The van der Waals surface area contributed by atoms with Gasteiger partial charge in [-0.2, -0.15) is 0 Å². The zero-order valence-electron chi connectivity index (χ0n) is 13.4. The van der Waals surface area contributed by atoms with E-state index < -0.39 is 0 Å². The number of ether oxygens (including phenoxy) is 1. The average Bonchev–Trinajstić information content (AvgIpc) is 2.48. The summed E-state index contributed by atoms with van der Waals surface area (Å²) in [5, 5.41) is 3.33. The van der Waals surface area contributed by atoms with Crippen LogP contribution < -0.4 is 5.32 Å². The van der Waals surface area contributed by atoms with Crippen LogP contribution in [0.4, 0.5) is 4.39 Å². The highest BCUT2D eigenvalue weighted by molar-refractivity contribution is 5.21. The Hall–Kier alpha value is -0.930. The van der Waals surface area contributed by atoms with Crippen LogP contribution >= 0.6 is 0 Å². The van der Waals surface area contributed by atoms with E-state index in [2.05, 4.69) is 19.2 Å². The first-order valence-electron chi connectivity index (χ1n) is 8.21. The SMILES string of the molecule is CCNC(COC1CCC(C)C(C)C1)c1ccccc1F. The number of nitrogens with one attached hydrogen (secondary N) is 1. The summed E-state index contributed by atoms with van der Waals surface area (Å²) in [5.41, 5.74) is 0.705. The van der Waals surface area contributed by atoms with Gasteiger partial charge in [-0.25, -0.2) is 4.39 Å². The molecule has 1 saturated carbocycles. The van der Waals surface area contributed by atoms with Crippen LogP contribution in [-0.2, 0) is 4.74 Å². The maximum absolute atomic E-state index is 13.9. The van der Waals surface area contributed by atoms with Crippen LogP contribution in [0.2, 0.25) is 0 Å². The monoisotopic (exact) mass is 293 g/mol. The van der Waals surface area contributed by atoms with Crippen LogP contribution in [0, 0.1) is 17.7 Å². The molecular weight excluding hydrogens is 265 g/mol. The molecule has 4 unspecified atom stereocenters. The topological polar surface area (TPSA) is 21.3 Å². The molecule has 0 bridgehead atoms. The molecule has 1 aromatic carbocycles. The molecule has 4 atom stereocenters. The lowest BCUT2D eigenvalue weighted by molar-refractivity contribution is -0.00779. The van der Waals surface area contributed by atoms with Gasteiger partial charge in [0.2, 0.25) is 0 Å². The van der Waals surface area contributed by atoms with Gasteiger partial charge in [-0.05, 0) is 43.7 Å². The summed E-state index contributed by atoms with van der Waals surface area (Å²) in [6.45, 7) is 8.01. The molecule has 0 radical (unpaired) electrons. The molecular formula is C18H28FNO. The van der Waals surface area contributed by atoms with E-state index >= 15 is 0 Å². The Labute approximate surface area is 128 Å². The molecule has 1 aliphatic rings. The predicted octanol–water partition coefficient (Wildman–Crippen LogP) is 4.32. The first-order chi connectivity index (χ1) is 10.1. The number of rotatable bonds is 6. The van der Waals surface area contributed by atoms with Crippen LogP contribution in [-0.4, -0.2) is 19.3 Å². The van der Waals surface area contributed by atoms with Gasteiger partial charge in [-0.3, -0.25) is 0 Å². The van der Waals surface area contributed by atoms with Crippen molar-refractivity contribution in [3.05, 3.63) is 35.6 Å².